The third-order valence-corrected chi connectivity index (χ3v) is 4.73. The lowest BCUT2D eigenvalue weighted by molar-refractivity contribution is 0.0692. The first-order valence-electron chi connectivity index (χ1n) is 9.14. The van der Waals surface area contributed by atoms with Crippen molar-refractivity contribution >= 4 is 23.4 Å². The number of carboxylic acid groups (broad SMARTS) is 1. The number of likely N-dealkylation sites (tertiary alicyclic amines) is 1. The Balaban J connectivity index is 1.59. The number of amidine groups is 1. The first-order valence-corrected chi connectivity index (χ1v) is 9.14. The summed E-state index contributed by atoms with van der Waals surface area (Å²) in [6.45, 7) is 3.43. The minimum Gasteiger partial charge on any atom is -0.490 e. The largest absolute Gasteiger partial charge is 0.490 e. The molecule has 0 bridgehead atoms. The van der Waals surface area contributed by atoms with E-state index >= 15 is 0 Å². The molecule has 7 nitrogen and oxygen atoms in total. The number of carbonyl (C=O) groups is 2. The molecular weight excluding hydrogens is 358 g/mol. The second kappa shape index (κ2) is 8.56. The summed E-state index contributed by atoms with van der Waals surface area (Å²) in [5, 5.41) is 19.6. The Kier molecular flexibility index (Phi) is 5.93. The molecule has 2 aromatic rings. The van der Waals surface area contributed by atoms with E-state index in [1.165, 1.54) is 12.1 Å². The van der Waals surface area contributed by atoms with E-state index in [0.717, 1.165) is 25.9 Å². The maximum Gasteiger partial charge on any atom is 0.336 e. The van der Waals surface area contributed by atoms with Gasteiger partial charge in [0.05, 0.1) is 17.0 Å². The van der Waals surface area contributed by atoms with Crippen molar-refractivity contribution in [3.05, 3.63) is 59.7 Å². The number of nitrogens with one attached hydrogen (secondary N) is 2. The number of aromatic carboxylic acids is 1. The van der Waals surface area contributed by atoms with Crippen LogP contribution in [-0.2, 0) is 0 Å². The van der Waals surface area contributed by atoms with E-state index in [9.17, 15) is 14.7 Å². The van der Waals surface area contributed by atoms with E-state index in [1.807, 2.05) is 4.90 Å². The third kappa shape index (κ3) is 4.68. The molecule has 1 heterocycles. The third-order valence-electron chi connectivity index (χ3n) is 4.73. The van der Waals surface area contributed by atoms with Gasteiger partial charge in [-0.1, -0.05) is 12.1 Å². The topological polar surface area (TPSA) is 103 Å². The van der Waals surface area contributed by atoms with Crippen LogP contribution in [0.3, 0.4) is 0 Å². The number of hydrogen-bond acceptors (Lipinski definition) is 4. The molecular formula is C21H23N3O4. The van der Waals surface area contributed by atoms with Crippen LogP contribution in [0, 0.1) is 5.41 Å². The van der Waals surface area contributed by atoms with Gasteiger partial charge in [-0.2, -0.15) is 0 Å². The van der Waals surface area contributed by atoms with Gasteiger partial charge in [0.2, 0.25) is 0 Å². The summed E-state index contributed by atoms with van der Waals surface area (Å²) >= 11 is 0. The monoisotopic (exact) mass is 381 g/mol. The Hall–Kier alpha value is -3.35. The van der Waals surface area contributed by atoms with Crippen LogP contribution in [0.25, 0.3) is 0 Å². The molecule has 1 aliphatic heterocycles. The zero-order valence-electron chi connectivity index (χ0n) is 15.6. The molecule has 1 saturated heterocycles. The van der Waals surface area contributed by atoms with Crippen LogP contribution in [-0.4, -0.2) is 46.9 Å². The van der Waals surface area contributed by atoms with Crippen molar-refractivity contribution in [2.75, 3.05) is 18.4 Å². The molecule has 28 heavy (non-hydrogen) atoms. The Bertz CT molecular complexity index is 871. The highest BCUT2D eigenvalue weighted by atomic mass is 16.5. The van der Waals surface area contributed by atoms with E-state index in [-0.39, 0.29) is 17.2 Å². The number of rotatable bonds is 5. The molecule has 2 aromatic carbocycles. The molecule has 0 unspecified atom stereocenters. The number of carbonyl (C=O) groups excluding carboxylic acids is 1. The Morgan fingerprint density at radius 3 is 2.25 bits per heavy atom. The lowest BCUT2D eigenvalue weighted by atomic mass is 10.1. The molecule has 0 aromatic heterocycles. The van der Waals surface area contributed by atoms with Gasteiger partial charge >= 0.3 is 5.97 Å². The highest BCUT2D eigenvalue weighted by Crippen LogP contribution is 2.22. The average Bonchev–Trinajstić information content (AvgIpc) is 2.70. The van der Waals surface area contributed by atoms with Gasteiger partial charge in [-0.05, 0) is 43.3 Å². The number of carboxylic acids is 1. The summed E-state index contributed by atoms with van der Waals surface area (Å²) in [7, 11) is 0. The summed E-state index contributed by atoms with van der Waals surface area (Å²) < 4.78 is 5.99. The standard InChI is InChI=1S/C21H23N3O4/c1-14(22)24-12-10-17(11-13-24)28-16-8-6-15(7-9-16)23-20(25)18-4-2-3-5-19(18)21(26)27/h2-9,17,22H,10-13H2,1H3,(H,23,25)(H,26,27). The van der Waals surface area contributed by atoms with Gasteiger partial charge in [0.15, 0.2) is 0 Å². The van der Waals surface area contributed by atoms with Crippen LogP contribution >= 0.6 is 0 Å². The minimum atomic E-state index is -1.14. The van der Waals surface area contributed by atoms with E-state index in [0.29, 0.717) is 17.3 Å². The lowest BCUT2D eigenvalue weighted by Crippen LogP contribution is -2.40. The van der Waals surface area contributed by atoms with Gasteiger partial charge in [0.25, 0.3) is 5.91 Å². The molecule has 146 valence electrons. The molecule has 1 aliphatic rings. The van der Waals surface area contributed by atoms with Crippen molar-refractivity contribution in [1.82, 2.24) is 4.90 Å². The summed E-state index contributed by atoms with van der Waals surface area (Å²) in [6, 6.07) is 13.1. The molecule has 0 atom stereocenters. The van der Waals surface area contributed by atoms with E-state index in [4.69, 9.17) is 10.1 Å². The summed E-state index contributed by atoms with van der Waals surface area (Å²) in [5.41, 5.74) is 0.641. The van der Waals surface area contributed by atoms with Gasteiger partial charge in [-0.3, -0.25) is 10.2 Å². The molecule has 0 spiro atoms. The second-order valence-electron chi connectivity index (χ2n) is 6.72. The highest BCUT2D eigenvalue weighted by molar-refractivity contribution is 6.10. The number of ether oxygens (including phenoxy) is 1. The minimum absolute atomic E-state index is 0.0357. The average molecular weight is 381 g/mol. The summed E-state index contributed by atoms with van der Waals surface area (Å²) in [5.74, 6) is -0.309. The summed E-state index contributed by atoms with van der Waals surface area (Å²) in [4.78, 5) is 25.7. The van der Waals surface area contributed by atoms with Crippen molar-refractivity contribution in [2.24, 2.45) is 0 Å². The fraction of sp³-hybridized carbons (Fsp3) is 0.286. The lowest BCUT2D eigenvalue weighted by Gasteiger charge is -2.32. The maximum atomic E-state index is 12.4. The molecule has 1 amide bonds. The van der Waals surface area contributed by atoms with Crippen LogP contribution < -0.4 is 10.1 Å². The fourth-order valence-electron chi connectivity index (χ4n) is 3.18. The molecule has 3 N–H and O–H groups in total. The van der Waals surface area contributed by atoms with E-state index in [2.05, 4.69) is 5.32 Å². The molecule has 7 heteroatoms. The Labute approximate surface area is 163 Å². The molecule has 1 fully saturated rings. The first-order chi connectivity index (χ1) is 13.4. The SMILES string of the molecule is CC(=N)N1CCC(Oc2ccc(NC(=O)c3ccccc3C(=O)O)cc2)CC1. The number of piperidine rings is 1. The van der Waals surface area contributed by atoms with Crippen LogP contribution in [0.15, 0.2) is 48.5 Å². The Morgan fingerprint density at radius 2 is 1.68 bits per heavy atom. The molecule has 0 aliphatic carbocycles. The van der Waals surface area contributed by atoms with Crippen LogP contribution in [0.4, 0.5) is 5.69 Å². The van der Waals surface area contributed by atoms with Crippen LogP contribution in [0.2, 0.25) is 0 Å². The van der Waals surface area contributed by atoms with Gasteiger partial charge in [0, 0.05) is 31.6 Å². The van der Waals surface area contributed by atoms with Gasteiger partial charge in [-0.25, -0.2) is 4.79 Å². The number of anilines is 1. The number of nitrogens with zero attached hydrogens (tertiary/aromatic N) is 1. The fourth-order valence-corrected chi connectivity index (χ4v) is 3.18. The number of benzene rings is 2. The Morgan fingerprint density at radius 1 is 1.07 bits per heavy atom. The zero-order valence-corrected chi connectivity index (χ0v) is 15.6. The van der Waals surface area contributed by atoms with E-state index in [1.54, 1.807) is 43.3 Å². The van der Waals surface area contributed by atoms with Crippen molar-refractivity contribution in [3.63, 3.8) is 0 Å². The van der Waals surface area contributed by atoms with Crippen molar-refractivity contribution in [3.8, 4) is 5.75 Å². The van der Waals surface area contributed by atoms with Crippen LogP contribution in [0.1, 0.15) is 40.5 Å². The first kappa shape index (κ1) is 19.4. The van der Waals surface area contributed by atoms with Gasteiger partial charge < -0.3 is 20.1 Å². The molecule has 3 rings (SSSR count). The quantitative estimate of drug-likeness (QED) is 0.543. The normalized spacial score (nSPS) is 14.4. The van der Waals surface area contributed by atoms with Crippen molar-refractivity contribution < 1.29 is 19.4 Å². The van der Waals surface area contributed by atoms with E-state index < -0.39 is 11.9 Å². The van der Waals surface area contributed by atoms with Crippen LogP contribution in [0.5, 0.6) is 5.75 Å². The maximum absolute atomic E-state index is 12.4. The van der Waals surface area contributed by atoms with Crippen molar-refractivity contribution in [1.29, 1.82) is 5.41 Å². The molecule has 0 radical (unpaired) electrons. The predicted molar refractivity (Wildman–Crippen MR) is 106 cm³/mol. The zero-order chi connectivity index (χ0) is 20.1. The van der Waals surface area contributed by atoms with Gasteiger partial charge in [0.1, 0.15) is 11.9 Å². The van der Waals surface area contributed by atoms with Gasteiger partial charge in [-0.15, -0.1) is 0 Å². The summed E-state index contributed by atoms with van der Waals surface area (Å²) in [6.07, 6.45) is 1.83. The number of hydrogen-bond donors (Lipinski definition) is 3. The predicted octanol–water partition coefficient (Wildman–Crippen LogP) is 3.48. The highest BCUT2D eigenvalue weighted by Gasteiger charge is 2.21. The second-order valence-corrected chi connectivity index (χ2v) is 6.72. The smallest absolute Gasteiger partial charge is 0.336 e. The molecule has 0 saturated carbocycles. The number of amides is 1. The van der Waals surface area contributed by atoms with Crippen molar-refractivity contribution in [2.45, 2.75) is 25.9 Å².